The van der Waals surface area contributed by atoms with Crippen molar-refractivity contribution in [2.75, 3.05) is 6.54 Å². The van der Waals surface area contributed by atoms with E-state index >= 15 is 0 Å². The number of aromatic amines is 1. The summed E-state index contributed by atoms with van der Waals surface area (Å²) in [7, 11) is 0. The highest BCUT2D eigenvalue weighted by molar-refractivity contribution is 5.97. The van der Waals surface area contributed by atoms with Gasteiger partial charge in [0.1, 0.15) is 11.5 Å². The van der Waals surface area contributed by atoms with Crippen LogP contribution in [0.15, 0.2) is 46.7 Å². The molecular weight excluding hydrogens is 414 g/mol. The van der Waals surface area contributed by atoms with E-state index in [0.29, 0.717) is 0 Å². The summed E-state index contributed by atoms with van der Waals surface area (Å²) in [5, 5.41) is 11.2. The van der Waals surface area contributed by atoms with E-state index in [1.807, 2.05) is 58.3 Å². The number of likely N-dealkylation sites (tertiary alicyclic amines) is 1. The summed E-state index contributed by atoms with van der Waals surface area (Å²) in [5.74, 6) is -0.554. The lowest BCUT2D eigenvalue weighted by atomic mass is 9.73. The lowest BCUT2D eigenvalue weighted by Gasteiger charge is -2.45. The number of piperidine rings is 1. The zero-order chi connectivity index (χ0) is 23.8. The lowest BCUT2D eigenvalue weighted by Crippen LogP contribution is -2.57. The topological polar surface area (TPSA) is 93.8 Å². The Hall–Kier alpha value is -3.40. The van der Waals surface area contributed by atoms with Gasteiger partial charge in [0.2, 0.25) is 0 Å². The molecule has 4 rings (SSSR count). The average molecular weight is 446 g/mol. The second-order valence-electron chi connectivity index (χ2n) is 9.84. The van der Waals surface area contributed by atoms with Crippen molar-refractivity contribution in [1.82, 2.24) is 9.88 Å². The molecule has 0 radical (unpaired) electrons. The highest BCUT2D eigenvalue weighted by Crippen LogP contribution is 2.37. The molecule has 2 aromatic rings. The summed E-state index contributed by atoms with van der Waals surface area (Å²) in [5.41, 5.74) is 3.20. The van der Waals surface area contributed by atoms with Gasteiger partial charge < -0.3 is 14.6 Å². The van der Waals surface area contributed by atoms with Gasteiger partial charge in [-0.05, 0) is 70.7 Å². The minimum atomic E-state index is -0.608. The van der Waals surface area contributed by atoms with Crippen LogP contribution < -0.4 is 0 Å². The Kier molecular flexibility index (Phi) is 6.11. The third kappa shape index (κ3) is 4.56. The molecule has 1 fully saturated rings. The molecule has 4 atom stereocenters. The third-order valence-corrected chi connectivity index (χ3v) is 6.46. The van der Waals surface area contributed by atoms with E-state index in [1.54, 1.807) is 11.1 Å². The van der Waals surface area contributed by atoms with Crippen molar-refractivity contribution in [3.8, 4) is 6.07 Å². The molecule has 1 saturated heterocycles. The molecule has 33 heavy (non-hydrogen) atoms. The number of aliphatic imine (C=N–C) groups is 2. The number of carbonyl (C=O) groups excluding carboxylic acids is 1. The van der Waals surface area contributed by atoms with Gasteiger partial charge in [0.25, 0.3) is 0 Å². The van der Waals surface area contributed by atoms with E-state index in [1.165, 1.54) is 0 Å². The van der Waals surface area contributed by atoms with Crippen LogP contribution in [-0.4, -0.2) is 46.1 Å². The molecule has 7 nitrogen and oxygen atoms in total. The van der Waals surface area contributed by atoms with Crippen molar-refractivity contribution < 1.29 is 9.53 Å². The molecule has 1 N–H and O–H groups in total. The Morgan fingerprint density at radius 1 is 1.33 bits per heavy atom. The molecule has 0 bridgehead atoms. The van der Waals surface area contributed by atoms with E-state index in [2.05, 4.69) is 29.0 Å². The molecule has 2 aliphatic rings. The Labute approximate surface area is 194 Å². The van der Waals surface area contributed by atoms with Crippen molar-refractivity contribution in [2.45, 2.75) is 52.7 Å². The van der Waals surface area contributed by atoms with Crippen molar-refractivity contribution in [2.24, 2.45) is 27.7 Å². The van der Waals surface area contributed by atoms with Crippen LogP contribution in [0.4, 0.5) is 10.5 Å². The fourth-order valence-corrected chi connectivity index (χ4v) is 4.81. The van der Waals surface area contributed by atoms with Crippen LogP contribution in [0.2, 0.25) is 0 Å². The molecule has 2 aliphatic heterocycles. The first kappa shape index (κ1) is 22.8. The number of ether oxygens (including phenoxy) is 1. The molecule has 1 aromatic carbocycles. The highest BCUT2D eigenvalue weighted by atomic mass is 16.6. The van der Waals surface area contributed by atoms with Crippen LogP contribution in [0.25, 0.3) is 10.9 Å². The van der Waals surface area contributed by atoms with Crippen molar-refractivity contribution in [3.63, 3.8) is 0 Å². The molecule has 0 spiro atoms. The maximum absolute atomic E-state index is 13.1. The number of hydrogen-bond donors (Lipinski definition) is 1. The summed E-state index contributed by atoms with van der Waals surface area (Å²) in [6.07, 6.45) is 8.01. The number of carbonyl (C=O) groups is 1. The van der Waals surface area contributed by atoms with E-state index in [-0.39, 0.29) is 24.4 Å². The van der Waals surface area contributed by atoms with Gasteiger partial charge in [-0.25, -0.2) is 4.79 Å². The molecule has 3 heterocycles. The maximum Gasteiger partial charge on any atom is 0.410 e. The Morgan fingerprint density at radius 2 is 2.12 bits per heavy atom. The molecule has 1 amide bonds. The number of allylic oxidation sites excluding steroid dienone is 1. The summed E-state index contributed by atoms with van der Waals surface area (Å²) >= 11 is 0. The van der Waals surface area contributed by atoms with Crippen LogP contribution >= 0.6 is 0 Å². The number of rotatable bonds is 2. The molecule has 172 valence electrons. The number of nitriles is 1. The first-order valence-corrected chi connectivity index (χ1v) is 11.4. The van der Waals surface area contributed by atoms with E-state index in [0.717, 1.165) is 34.3 Å². The number of aryl methyl sites for hydroxylation is 1. The number of nitrogens with zero attached hydrogens (tertiary/aromatic N) is 4. The number of aromatic nitrogens is 1. The zero-order valence-electron chi connectivity index (χ0n) is 19.9. The van der Waals surface area contributed by atoms with Gasteiger partial charge in [0.15, 0.2) is 0 Å². The lowest BCUT2D eigenvalue weighted by molar-refractivity contribution is 0.00857. The summed E-state index contributed by atoms with van der Waals surface area (Å²) in [6, 6.07) is 8.30. The number of benzene rings is 1. The van der Waals surface area contributed by atoms with Gasteiger partial charge >= 0.3 is 6.09 Å². The summed E-state index contributed by atoms with van der Waals surface area (Å²) in [6.45, 7) is 9.90. The molecule has 7 heteroatoms. The predicted octanol–water partition coefficient (Wildman–Crippen LogP) is 5.55. The molecule has 1 aromatic heterocycles. The Morgan fingerprint density at radius 3 is 2.79 bits per heavy atom. The zero-order valence-corrected chi connectivity index (χ0v) is 19.9. The van der Waals surface area contributed by atoms with Gasteiger partial charge in [-0.2, -0.15) is 5.26 Å². The molecule has 0 saturated carbocycles. The monoisotopic (exact) mass is 445 g/mol. The number of H-pyrrole nitrogens is 1. The van der Waals surface area contributed by atoms with Gasteiger partial charge in [-0.1, -0.05) is 6.08 Å². The molecule has 4 unspecified atom stereocenters. The van der Waals surface area contributed by atoms with Crippen LogP contribution in [0, 0.1) is 36.0 Å². The summed E-state index contributed by atoms with van der Waals surface area (Å²) < 4.78 is 5.68. The number of amides is 1. The number of nitrogens with one attached hydrogen (secondary N) is 1. The first-order valence-electron chi connectivity index (χ1n) is 11.4. The smallest absolute Gasteiger partial charge is 0.410 e. The van der Waals surface area contributed by atoms with Crippen molar-refractivity contribution in [3.05, 3.63) is 42.2 Å². The number of hydrogen-bond acceptors (Lipinski definition) is 5. The van der Waals surface area contributed by atoms with Gasteiger partial charge in [0.05, 0.1) is 11.8 Å². The van der Waals surface area contributed by atoms with Gasteiger partial charge in [-0.3, -0.25) is 9.98 Å². The van der Waals surface area contributed by atoms with Crippen molar-refractivity contribution in [1.29, 1.82) is 5.26 Å². The molecular formula is C26H31N5O2. The minimum Gasteiger partial charge on any atom is -0.444 e. The SMILES string of the molecule is Cc1c(N=C2C(C#N)CN(C(=O)OC(C)(C)C)C(C)C2C2C=CN=CC2)ccc2[nH]ccc12. The van der Waals surface area contributed by atoms with Crippen LogP contribution in [0.5, 0.6) is 0 Å². The van der Waals surface area contributed by atoms with E-state index < -0.39 is 17.6 Å². The minimum absolute atomic E-state index is 0.0913. The van der Waals surface area contributed by atoms with Gasteiger partial charge in [0, 0.05) is 53.7 Å². The van der Waals surface area contributed by atoms with E-state index in [4.69, 9.17) is 9.73 Å². The van der Waals surface area contributed by atoms with Gasteiger partial charge in [-0.15, -0.1) is 0 Å². The van der Waals surface area contributed by atoms with Crippen LogP contribution in [0.1, 0.15) is 39.7 Å². The Balaban J connectivity index is 1.78. The van der Waals surface area contributed by atoms with E-state index in [9.17, 15) is 10.1 Å². The van der Waals surface area contributed by atoms with Crippen LogP contribution in [-0.2, 0) is 4.74 Å². The fourth-order valence-electron chi connectivity index (χ4n) is 4.81. The third-order valence-electron chi connectivity index (χ3n) is 6.46. The standard InChI is InChI=1S/C26H31N5O2/c1-16-20-10-13-29-22(20)7-6-21(16)30-24-19(14-27)15-31(25(32)33-26(3,4)5)17(2)23(24)18-8-11-28-12-9-18/h6-8,10-13,17-19,23,29H,9,15H2,1-5H3. The summed E-state index contributed by atoms with van der Waals surface area (Å²) in [4.78, 5) is 27.3. The van der Waals surface area contributed by atoms with Crippen LogP contribution in [0.3, 0.4) is 0 Å². The normalized spacial score (nSPS) is 26.5. The average Bonchev–Trinajstić information content (AvgIpc) is 3.25. The largest absolute Gasteiger partial charge is 0.444 e. The second kappa shape index (κ2) is 8.86. The first-order chi connectivity index (χ1) is 15.7. The number of fused-ring (bicyclic) bond motifs is 1. The fraction of sp³-hybridized carbons (Fsp3) is 0.462. The quantitative estimate of drug-likeness (QED) is 0.657. The van der Waals surface area contributed by atoms with Crippen molar-refractivity contribution >= 4 is 34.6 Å². The Bertz CT molecular complexity index is 1180. The molecule has 0 aliphatic carbocycles. The maximum atomic E-state index is 13.1. The highest BCUT2D eigenvalue weighted by Gasteiger charge is 2.45. The second-order valence-corrected chi connectivity index (χ2v) is 9.84. The predicted molar refractivity (Wildman–Crippen MR) is 131 cm³/mol.